The summed E-state index contributed by atoms with van der Waals surface area (Å²) in [5, 5.41) is 3.12. The highest BCUT2D eigenvalue weighted by Gasteiger charge is 2.10. The zero-order chi connectivity index (χ0) is 9.42. The van der Waals surface area contributed by atoms with E-state index in [4.69, 9.17) is 5.73 Å². The van der Waals surface area contributed by atoms with Gasteiger partial charge in [-0.15, -0.1) is 0 Å². The molecule has 0 aliphatic rings. The van der Waals surface area contributed by atoms with Crippen molar-refractivity contribution in [2.75, 3.05) is 6.54 Å². The number of nitrogens with zero attached hydrogens (tertiary/aromatic N) is 3. The number of rotatable bonds is 2. The van der Waals surface area contributed by atoms with Crippen molar-refractivity contribution >= 4 is 5.78 Å². The fraction of sp³-hybridized carbons (Fsp3) is 0.500. The van der Waals surface area contributed by atoms with Crippen LogP contribution in [-0.4, -0.2) is 26.1 Å². The van der Waals surface area contributed by atoms with E-state index >= 15 is 0 Å². The summed E-state index contributed by atoms with van der Waals surface area (Å²) in [6.45, 7) is 4.52. The van der Waals surface area contributed by atoms with E-state index in [0.717, 1.165) is 29.4 Å². The third kappa shape index (κ3) is 1.21. The Kier molecular flexibility index (Phi) is 1.81. The lowest BCUT2D eigenvalue weighted by molar-refractivity contribution is 0.823. The smallest absolute Gasteiger partial charge is 0.251 e. The summed E-state index contributed by atoms with van der Waals surface area (Å²) in [6.07, 6.45) is 0.828. The molecule has 2 rings (SSSR count). The van der Waals surface area contributed by atoms with E-state index in [9.17, 15) is 0 Å². The molecule has 13 heavy (non-hydrogen) atoms. The molecule has 0 atom stereocenters. The minimum Gasteiger partial charge on any atom is -0.330 e. The van der Waals surface area contributed by atoms with Crippen molar-refractivity contribution in [3.05, 3.63) is 17.2 Å². The van der Waals surface area contributed by atoms with Gasteiger partial charge in [0.2, 0.25) is 0 Å². The van der Waals surface area contributed by atoms with Crippen molar-refractivity contribution in [2.45, 2.75) is 20.3 Å². The van der Waals surface area contributed by atoms with Crippen LogP contribution in [0.3, 0.4) is 0 Å². The Hall–Kier alpha value is -1.36. The Morgan fingerprint density at radius 1 is 1.38 bits per heavy atom. The van der Waals surface area contributed by atoms with Gasteiger partial charge in [0, 0.05) is 6.42 Å². The van der Waals surface area contributed by atoms with Crippen molar-refractivity contribution in [2.24, 2.45) is 5.73 Å². The first-order valence-electron chi connectivity index (χ1n) is 4.33. The molecular formula is C8H13N5. The fourth-order valence-electron chi connectivity index (χ4n) is 1.51. The van der Waals surface area contributed by atoms with Crippen LogP contribution in [-0.2, 0) is 6.42 Å². The second-order valence-electron chi connectivity index (χ2n) is 3.13. The van der Waals surface area contributed by atoms with Gasteiger partial charge in [-0.3, -0.25) is 5.10 Å². The second kappa shape index (κ2) is 2.85. The number of nitrogens with one attached hydrogen (secondary N) is 1. The highest BCUT2D eigenvalue weighted by Crippen LogP contribution is 2.09. The molecule has 70 valence electrons. The highest BCUT2D eigenvalue weighted by molar-refractivity contribution is 5.34. The number of aryl methyl sites for hydroxylation is 2. The lowest BCUT2D eigenvalue weighted by Gasteiger charge is -1.96. The number of hydrogen-bond donors (Lipinski definition) is 2. The molecule has 0 radical (unpaired) electrons. The van der Waals surface area contributed by atoms with Crippen LogP contribution in [0.4, 0.5) is 0 Å². The Balaban J connectivity index is 2.61. The molecule has 5 nitrogen and oxygen atoms in total. The van der Waals surface area contributed by atoms with Crippen LogP contribution in [0.1, 0.15) is 17.2 Å². The lowest BCUT2D eigenvalue weighted by Crippen LogP contribution is -2.06. The Morgan fingerprint density at radius 2 is 2.15 bits per heavy atom. The minimum absolute atomic E-state index is 0.632. The van der Waals surface area contributed by atoms with Gasteiger partial charge >= 0.3 is 0 Å². The molecule has 0 aromatic carbocycles. The van der Waals surface area contributed by atoms with Gasteiger partial charge in [0.05, 0.1) is 11.4 Å². The van der Waals surface area contributed by atoms with Gasteiger partial charge in [0.1, 0.15) is 5.82 Å². The largest absolute Gasteiger partial charge is 0.330 e. The van der Waals surface area contributed by atoms with Crippen LogP contribution in [0.25, 0.3) is 5.78 Å². The predicted molar refractivity (Wildman–Crippen MR) is 49.6 cm³/mol. The van der Waals surface area contributed by atoms with Crippen molar-refractivity contribution in [1.82, 2.24) is 19.6 Å². The maximum Gasteiger partial charge on any atom is 0.251 e. The number of fused-ring (bicyclic) bond motifs is 1. The van der Waals surface area contributed by atoms with Gasteiger partial charge in [-0.25, -0.2) is 9.50 Å². The van der Waals surface area contributed by atoms with E-state index in [1.807, 2.05) is 18.4 Å². The van der Waals surface area contributed by atoms with Crippen molar-refractivity contribution < 1.29 is 0 Å². The third-order valence-corrected chi connectivity index (χ3v) is 2.08. The van der Waals surface area contributed by atoms with Crippen LogP contribution >= 0.6 is 0 Å². The second-order valence-corrected chi connectivity index (χ2v) is 3.13. The highest BCUT2D eigenvalue weighted by atomic mass is 15.3. The topological polar surface area (TPSA) is 72.0 Å². The van der Waals surface area contributed by atoms with E-state index < -0.39 is 0 Å². The van der Waals surface area contributed by atoms with Crippen molar-refractivity contribution in [3.8, 4) is 0 Å². The van der Waals surface area contributed by atoms with Gasteiger partial charge in [0.15, 0.2) is 0 Å². The van der Waals surface area contributed by atoms with Crippen LogP contribution in [0.2, 0.25) is 0 Å². The van der Waals surface area contributed by atoms with Crippen LogP contribution in [0.15, 0.2) is 0 Å². The zero-order valence-corrected chi connectivity index (χ0v) is 7.83. The minimum atomic E-state index is 0.632. The lowest BCUT2D eigenvalue weighted by atomic mass is 10.3. The predicted octanol–water partition coefficient (Wildman–Crippen LogP) is 0.175. The summed E-state index contributed by atoms with van der Waals surface area (Å²) in [4.78, 5) is 8.55. The molecule has 0 unspecified atom stereocenters. The molecular weight excluding hydrogens is 166 g/mol. The maximum absolute atomic E-state index is 5.51. The normalized spacial score (nSPS) is 11.3. The number of H-pyrrole nitrogens is 1. The van der Waals surface area contributed by atoms with Gasteiger partial charge in [-0.2, -0.15) is 4.98 Å². The van der Waals surface area contributed by atoms with Crippen molar-refractivity contribution in [3.63, 3.8) is 0 Å². The molecule has 0 saturated heterocycles. The van der Waals surface area contributed by atoms with Gasteiger partial charge in [0.25, 0.3) is 5.78 Å². The zero-order valence-electron chi connectivity index (χ0n) is 7.83. The number of imidazole rings is 1. The Morgan fingerprint density at radius 3 is 2.85 bits per heavy atom. The summed E-state index contributed by atoms with van der Waals surface area (Å²) < 4.78 is 1.90. The molecule has 2 heterocycles. The van der Waals surface area contributed by atoms with E-state index in [1.54, 1.807) is 0 Å². The van der Waals surface area contributed by atoms with E-state index in [2.05, 4.69) is 15.1 Å². The van der Waals surface area contributed by atoms with Crippen molar-refractivity contribution in [1.29, 1.82) is 0 Å². The monoisotopic (exact) mass is 179 g/mol. The standard InChI is InChI=1S/C8H13N5/c1-5-7(3-4-9)13-8(10-5)11-6(2)12-13/h3-4,9H2,1-2H3,(H,10,11,12). The molecule has 5 heteroatoms. The number of aromatic nitrogens is 4. The average molecular weight is 179 g/mol. The van der Waals surface area contributed by atoms with Crippen LogP contribution in [0, 0.1) is 13.8 Å². The quantitative estimate of drug-likeness (QED) is 0.690. The van der Waals surface area contributed by atoms with Gasteiger partial charge in [-0.1, -0.05) is 0 Å². The Bertz CT molecular complexity index is 425. The average Bonchev–Trinajstić information content (AvgIpc) is 2.52. The molecule has 2 aromatic heterocycles. The summed E-state index contributed by atoms with van der Waals surface area (Å²) >= 11 is 0. The number of aromatic amines is 1. The molecule has 0 fully saturated rings. The van der Waals surface area contributed by atoms with E-state index in [0.29, 0.717) is 6.54 Å². The molecule has 2 aromatic rings. The number of nitrogens with two attached hydrogens (primary N) is 1. The van der Waals surface area contributed by atoms with Gasteiger partial charge < -0.3 is 5.73 Å². The fourth-order valence-corrected chi connectivity index (χ4v) is 1.51. The molecule has 0 bridgehead atoms. The maximum atomic E-state index is 5.51. The summed E-state index contributed by atoms with van der Waals surface area (Å²) in [5.41, 5.74) is 7.64. The molecule has 0 spiro atoms. The number of hydrogen-bond acceptors (Lipinski definition) is 3. The Labute approximate surface area is 76.0 Å². The first-order chi connectivity index (χ1) is 6.22. The first kappa shape index (κ1) is 8.25. The first-order valence-corrected chi connectivity index (χ1v) is 4.33. The van der Waals surface area contributed by atoms with Gasteiger partial charge in [-0.05, 0) is 20.4 Å². The van der Waals surface area contributed by atoms with E-state index in [1.165, 1.54) is 0 Å². The molecule has 0 aliphatic heterocycles. The SMILES string of the molecule is Cc1nc2nc(C)c(CCN)n2[nH]1. The van der Waals surface area contributed by atoms with Crippen LogP contribution < -0.4 is 5.73 Å². The summed E-state index contributed by atoms with van der Waals surface area (Å²) in [6, 6.07) is 0. The van der Waals surface area contributed by atoms with Crippen LogP contribution in [0.5, 0.6) is 0 Å². The summed E-state index contributed by atoms with van der Waals surface area (Å²) in [7, 11) is 0. The third-order valence-electron chi connectivity index (χ3n) is 2.08. The molecule has 0 aliphatic carbocycles. The van der Waals surface area contributed by atoms with E-state index in [-0.39, 0.29) is 0 Å². The molecule has 3 N–H and O–H groups in total. The summed E-state index contributed by atoms with van der Waals surface area (Å²) in [5.74, 6) is 1.61. The molecule has 0 saturated carbocycles. The molecule has 0 amide bonds.